The van der Waals surface area contributed by atoms with E-state index in [1.165, 1.54) is 0 Å². The van der Waals surface area contributed by atoms with Gasteiger partial charge in [0, 0.05) is 12.6 Å². The summed E-state index contributed by atoms with van der Waals surface area (Å²) in [6, 6.07) is 17.8. The van der Waals surface area contributed by atoms with Crippen LogP contribution in [0.3, 0.4) is 0 Å². The molecule has 122 valence electrons. The molecule has 0 saturated carbocycles. The molecular weight excluding hydrogens is 304 g/mol. The number of hydroxylamine groups is 1. The lowest BCUT2D eigenvalue weighted by Crippen LogP contribution is -2.45. The average Bonchev–Trinajstić information content (AvgIpc) is 3.16. The van der Waals surface area contributed by atoms with Crippen LogP contribution in [0.5, 0.6) is 0 Å². The molecular formula is C19H18N2O3. The summed E-state index contributed by atoms with van der Waals surface area (Å²) in [5.41, 5.74) is 4.49. The minimum Gasteiger partial charge on any atom is -0.333 e. The quantitative estimate of drug-likeness (QED) is 0.878. The Morgan fingerprint density at radius 3 is 2.33 bits per heavy atom. The monoisotopic (exact) mass is 322 g/mol. The van der Waals surface area contributed by atoms with Crippen LogP contribution in [0.2, 0.25) is 0 Å². The predicted molar refractivity (Wildman–Crippen MR) is 88.0 cm³/mol. The Bertz CT molecular complexity index is 763. The average molecular weight is 322 g/mol. The van der Waals surface area contributed by atoms with Crippen LogP contribution in [0.15, 0.2) is 60.7 Å². The molecule has 2 aliphatic heterocycles. The van der Waals surface area contributed by atoms with Crippen molar-refractivity contribution >= 4 is 11.7 Å². The van der Waals surface area contributed by atoms with Crippen molar-refractivity contribution in [3.05, 3.63) is 71.8 Å². The summed E-state index contributed by atoms with van der Waals surface area (Å²) in [6.07, 6.45) is -0.375. The number of nitrogens with zero attached hydrogens (tertiary/aromatic N) is 1. The van der Waals surface area contributed by atoms with Gasteiger partial charge in [0.1, 0.15) is 12.1 Å². The van der Waals surface area contributed by atoms with Gasteiger partial charge in [0.05, 0.1) is 12.0 Å². The van der Waals surface area contributed by atoms with Crippen molar-refractivity contribution in [1.29, 1.82) is 0 Å². The Morgan fingerprint density at radius 1 is 1.04 bits per heavy atom. The van der Waals surface area contributed by atoms with Gasteiger partial charge in [-0.3, -0.25) is 14.4 Å². The fourth-order valence-electron chi connectivity index (χ4n) is 3.67. The number of likely N-dealkylation sites (tertiary alicyclic amines) is 1. The first-order chi connectivity index (χ1) is 11.7. The van der Waals surface area contributed by atoms with Crippen LogP contribution >= 0.6 is 0 Å². The third kappa shape index (κ3) is 2.25. The highest BCUT2D eigenvalue weighted by Crippen LogP contribution is 2.41. The largest absolute Gasteiger partial charge is 0.333 e. The van der Waals surface area contributed by atoms with E-state index >= 15 is 0 Å². The van der Waals surface area contributed by atoms with E-state index in [0.717, 1.165) is 5.56 Å². The Morgan fingerprint density at radius 2 is 1.67 bits per heavy atom. The van der Waals surface area contributed by atoms with Gasteiger partial charge in [0.2, 0.25) is 5.91 Å². The van der Waals surface area contributed by atoms with Gasteiger partial charge >= 0.3 is 0 Å². The number of benzene rings is 2. The third-order valence-corrected chi connectivity index (χ3v) is 4.89. The number of ketones is 1. The number of carbonyl (C=O) groups excluding carboxylic acids is 2. The lowest BCUT2D eigenvalue weighted by molar-refractivity contribution is -0.133. The van der Waals surface area contributed by atoms with Crippen LogP contribution in [0.25, 0.3) is 0 Å². The van der Waals surface area contributed by atoms with Gasteiger partial charge in [0.15, 0.2) is 5.78 Å². The Labute approximate surface area is 140 Å². The second-order valence-electron chi connectivity index (χ2n) is 6.24. The zero-order valence-corrected chi connectivity index (χ0v) is 13.3. The van der Waals surface area contributed by atoms with Crippen LogP contribution < -0.4 is 5.48 Å². The molecule has 2 aliphatic rings. The number of hydrogen-bond donors (Lipinski definition) is 1. The van der Waals surface area contributed by atoms with Gasteiger partial charge in [-0.1, -0.05) is 60.7 Å². The van der Waals surface area contributed by atoms with Gasteiger partial charge in [-0.05, 0) is 5.56 Å². The summed E-state index contributed by atoms with van der Waals surface area (Å²) in [7, 11) is 1.69. The van der Waals surface area contributed by atoms with Gasteiger partial charge in [0.25, 0.3) is 0 Å². The van der Waals surface area contributed by atoms with Crippen molar-refractivity contribution in [1.82, 2.24) is 10.4 Å². The van der Waals surface area contributed by atoms with Crippen LogP contribution in [-0.4, -0.2) is 35.7 Å². The van der Waals surface area contributed by atoms with Crippen molar-refractivity contribution in [2.45, 2.75) is 18.2 Å². The Balaban J connectivity index is 1.66. The number of hydrogen-bond acceptors (Lipinski definition) is 4. The molecule has 4 rings (SSSR count). The molecule has 2 saturated heterocycles. The smallest absolute Gasteiger partial charge is 0.230 e. The number of amides is 1. The molecule has 4 atom stereocenters. The maximum Gasteiger partial charge on any atom is 0.230 e. The number of fused-ring (bicyclic) bond motifs is 1. The highest BCUT2D eigenvalue weighted by Gasteiger charge is 2.57. The minimum absolute atomic E-state index is 0.0619. The first kappa shape index (κ1) is 15.1. The zero-order chi connectivity index (χ0) is 16.7. The molecule has 24 heavy (non-hydrogen) atoms. The van der Waals surface area contributed by atoms with E-state index in [1.54, 1.807) is 24.1 Å². The fourth-order valence-corrected chi connectivity index (χ4v) is 3.67. The SMILES string of the molecule is CN1C(=O)[C@@H]2[C@@H](NO[C@H]2c2ccccc2)[C@@H]1C(=O)c1ccccc1. The van der Waals surface area contributed by atoms with Gasteiger partial charge in [-0.2, -0.15) is 5.48 Å². The molecule has 0 aliphatic carbocycles. The molecule has 1 amide bonds. The van der Waals surface area contributed by atoms with Crippen molar-refractivity contribution in [2.24, 2.45) is 5.92 Å². The van der Waals surface area contributed by atoms with E-state index in [1.807, 2.05) is 48.5 Å². The van der Waals surface area contributed by atoms with E-state index in [2.05, 4.69) is 5.48 Å². The maximum absolute atomic E-state index is 12.9. The summed E-state index contributed by atoms with van der Waals surface area (Å²) < 4.78 is 0. The van der Waals surface area contributed by atoms with Crippen LogP contribution in [-0.2, 0) is 9.63 Å². The van der Waals surface area contributed by atoms with Gasteiger partial charge in [-0.25, -0.2) is 0 Å². The maximum atomic E-state index is 12.9. The topological polar surface area (TPSA) is 58.6 Å². The molecule has 2 aromatic carbocycles. The molecule has 5 heteroatoms. The molecule has 5 nitrogen and oxygen atoms in total. The van der Waals surface area contributed by atoms with E-state index in [0.29, 0.717) is 5.56 Å². The molecule has 0 unspecified atom stereocenters. The summed E-state index contributed by atoms with van der Waals surface area (Å²) in [4.78, 5) is 32.9. The second kappa shape index (κ2) is 5.85. The second-order valence-corrected chi connectivity index (χ2v) is 6.24. The summed E-state index contributed by atoms with van der Waals surface area (Å²) in [6.45, 7) is 0. The van der Waals surface area contributed by atoms with E-state index < -0.39 is 12.0 Å². The molecule has 0 bridgehead atoms. The lowest BCUT2D eigenvalue weighted by atomic mass is 9.88. The molecule has 0 aromatic heterocycles. The summed E-state index contributed by atoms with van der Waals surface area (Å²) in [5.74, 6) is -0.521. The van der Waals surface area contributed by atoms with Crippen molar-refractivity contribution in [2.75, 3.05) is 7.05 Å². The number of carbonyl (C=O) groups is 2. The van der Waals surface area contributed by atoms with E-state index in [9.17, 15) is 9.59 Å². The van der Waals surface area contributed by atoms with Crippen LogP contribution in [0.4, 0.5) is 0 Å². The predicted octanol–water partition coefficient (Wildman–Crippen LogP) is 1.97. The van der Waals surface area contributed by atoms with E-state index in [4.69, 9.17) is 4.84 Å². The van der Waals surface area contributed by atoms with E-state index in [-0.39, 0.29) is 23.8 Å². The highest BCUT2D eigenvalue weighted by atomic mass is 16.7. The molecule has 2 aromatic rings. The first-order valence-corrected chi connectivity index (χ1v) is 8.00. The molecule has 2 fully saturated rings. The van der Waals surface area contributed by atoms with Crippen molar-refractivity contribution in [3.8, 4) is 0 Å². The molecule has 2 heterocycles. The summed E-state index contributed by atoms with van der Waals surface area (Å²) >= 11 is 0. The molecule has 1 N–H and O–H groups in total. The van der Waals surface area contributed by atoms with Crippen LogP contribution in [0.1, 0.15) is 22.0 Å². The Hall–Kier alpha value is -2.50. The first-order valence-electron chi connectivity index (χ1n) is 8.00. The van der Waals surface area contributed by atoms with Crippen molar-refractivity contribution < 1.29 is 14.4 Å². The van der Waals surface area contributed by atoms with Gasteiger partial charge < -0.3 is 4.90 Å². The summed E-state index contributed by atoms with van der Waals surface area (Å²) in [5, 5.41) is 0. The minimum atomic E-state index is -0.557. The molecule has 0 radical (unpaired) electrons. The fraction of sp³-hybridized carbons (Fsp3) is 0.263. The lowest BCUT2D eigenvalue weighted by Gasteiger charge is -2.23. The standard InChI is InChI=1S/C19H18N2O3/c1-21-16(17(22)12-8-4-2-5-9-12)15-14(19(21)23)18(24-20-15)13-10-6-3-7-11-13/h2-11,14-16,18,20H,1H3/t14-,15-,16-,18+/m1/s1. The van der Waals surface area contributed by atoms with Gasteiger partial charge in [-0.15, -0.1) is 0 Å². The number of Topliss-reactive ketones (excluding diaryl/α,β-unsaturated/α-hetero) is 1. The number of likely N-dealkylation sites (N-methyl/N-ethyl adjacent to an activating group) is 1. The number of rotatable bonds is 3. The Kier molecular flexibility index (Phi) is 3.67. The molecule has 0 spiro atoms. The number of nitrogens with one attached hydrogen (secondary N) is 1. The third-order valence-electron chi connectivity index (χ3n) is 4.89. The van der Waals surface area contributed by atoms with Crippen LogP contribution in [0, 0.1) is 5.92 Å². The van der Waals surface area contributed by atoms with Crippen molar-refractivity contribution in [3.63, 3.8) is 0 Å². The highest BCUT2D eigenvalue weighted by molar-refractivity contribution is 6.04. The normalized spacial score (nSPS) is 28.9. The zero-order valence-electron chi connectivity index (χ0n) is 13.3.